The maximum Gasteiger partial charge on any atom is 0.317 e. The predicted octanol–water partition coefficient (Wildman–Crippen LogP) is 3.56. The van der Waals surface area contributed by atoms with Crippen molar-refractivity contribution in [2.75, 3.05) is 50.8 Å². The molecule has 210 valence electrons. The summed E-state index contributed by atoms with van der Waals surface area (Å²) in [5, 5.41) is 3.88. The molecular formula is C27H33Cl2N5O5. The quantitative estimate of drug-likeness (QED) is 0.438. The van der Waals surface area contributed by atoms with Crippen LogP contribution in [0.3, 0.4) is 0 Å². The van der Waals surface area contributed by atoms with Crippen molar-refractivity contribution in [1.29, 1.82) is 0 Å². The lowest BCUT2D eigenvalue weighted by Gasteiger charge is -2.36. The van der Waals surface area contributed by atoms with Gasteiger partial charge in [0.15, 0.2) is 0 Å². The van der Waals surface area contributed by atoms with Crippen LogP contribution in [0.4, 0.5) is 10.5 Å². The Kier molecular flexibility index (Phi) is 9.58. The van der Waals surface area contributed by atoms with Crippen LogP contribution in [0.15, 0.2) is 61.2 Å². The molecule has 3 N–H and O–H groups in total. The first-order chi connectivity index (χ1) is 18.5. The summed E-state index contributed by atoms with van der Waals surface area (Å²) in [6.07, 6.45) is 4.97. The van der Waals surface area contributed by atoms with Gasteiger partial charge in [-0.1, -0.05) is 29.3 Å². The molecule has 3 aromatic rings. The third kappa shape index (κ3) is 6.77. The van der Waals surface area contributed by atoms with Crippen molar-refractivity contribution >= 4 is 34.9 Å². The fourth-order valence-corrected chi connectivity index (χ4v) is 5.30. The Morgan fingerprint density at radius 1 is 1.15 bits per heavy atom. The van der Waals surface area contributed by atoms with Crippen molar-refractivity contribution in [2.24, 2.45) is 0 Å². The number of nitrogens with zero attached hydrogens (tertiary/aromatic N) is 4. The van der Waals surface area contributed by atoms with Crippen LogP contribution in [0.25, 0.3) is 0 Å². The van der Waals surface area contributed by atoms with Gasteiger partial charge in [-0.2, -0.15) is 0 Å². The number of benzene rings is 2. The maximum atomic E-state index is 12.0. The summed E-state index contributed by atoms with van der Waals surface area (Å²) in [6.45, 7) is 6.59. The molecule has 2 fully saturated rings. The number of anilines is 1. The standard InChI is InChI=1S/C27H31Cl2N5O4.H2O/c1-2-31-26(35)34-13-11-33(12-14-34)21-4-6-22(7-5-21)36-16-23-17-37-27(38-23,18-32-10-9-30-19-32)24-8-3-20(28)15-25(24)29;/h3-10,15,19,23H,2,11-14,16-18H2,1H3,(H,31,35);1H2. The zero-order valence-electron chi connectivity index (χ0n) is 21.7. The largest absolute Gasteiger partial charge is 0.491 e. The highest BCUT2D eigenvalue weighted by Gasteiger charge is 2.45. The minimum absolute atomic E-state index is 0. The third-order valence-electron chi connectivity index (χ3n) is 6.68. The summed E-state index contributed by atoms with van der Waals surface area (Å²) < 4.78 is 20.6. The average molecular weight is 578 g/mol. The molecule has 2 saturated heterocycles. The molecule has 2 unspecified atom stereocenters. The second kappa shape index (κ2) is 12.9. The van der Waals surface area contributed by atoms with Gasteiger partial charge in [-0.05, 0) is 43.3 Å². The molecule has 39 heavy (non-hydrogen) atoms. The Labute approximate surface area is 237 Å². The van der Waals surface area contributed by atoms with Gasteiger partial charge in [0.25, 0.3) is 0 Å². The highest BCUT2D eigenvalue weighted by Crippen LogP contribution is 2.40. The van der Waals surface area contributed by atoms with E-state index in [4.69, 9.17) is 37.4 Å². The van der Waals surface area contributed by atoms with Gasteiger partial charge in [0.05, 0.1) is 24.5 Å². The van der Waals surface area contributed by atoms with Crippen molar-refractivity contribution in [3.05, 3.63) is 76.8 Å². The summed E-state index contributed by atoms with van der Waals surface area (Å²) in [5.74, 6) is -0.342. The van der Waals surface area contributed by atoms with E-state index in [1.165, 1.54) is 0 Å². The minimum atomic E-state index is -1.09. The summed E-state index contributed by atoms with van der Waals surface area (Å²) in [4.78, 5) is 20.3. The van der Waals surface area contributed by atoms with Gasteiger partial charge in [-0.3, -0.25) is 0 Å². The van der Waals surface area contributed by atoms with E-state index in [9.17, 15) is 4.79 Å². The minimum Gasteiger partial charge on any atom is -0.491 e. The van der Waals surface area contributed by atoms with Crippen molar-refractivity contribution in [2.45, 2.75) is 25.4 Å². The van der Waals surface area contributed by atoms with Gasteiger partial charge in [0.1, 0.15) is 18.5 Å². The lowest BCUT2D eigenvalue weighted by Crippen LogP contribution is -2.51. The summed E-state index contributed by atoms with van der Waals surface area (Å²) >= 11 is 12.7. The fourth-order valence-electron chi connectivity index (χ4n) is 4.75. The molecule has 0 saturated carbocycles. The van der Waals surface area contributed by atoms with Crippen LogP contribution in [0.5, 0.6) is 5.75 Å². The first-order valence-corrected chi connectivity index (χ1v) is 13.4. The van der Waals surface area contributed by atoms with Crippen molar-refractivity contribution < 1.29 is 24.5 Å². The van der Waals surface area contributed by atoms with E-state index in [0.717, 1.165) is 24.5 Å². The van der Waals surface area contributed by atoms with Crippen LogP contribution in [0, 0.1) is 0 Å². The van der Waals surface area contributed by atoms with E-state index in [1.54, 1.807) is 24.7 Å². The average Bonchev–Trinajstić information content (AvgIpc) is 3.59. The molecule has 2 atom stereocenters. The molecule has 2 amide bonds. The monoisotopic (exact) mass is 577 g/mol. The molecule has 3 heterocycles. The van der Waals surface area contributed by atoms with Gasteiger partial charge in [0, 0.05) is 61.4 Å². The van der Waals surface area contributed by atoms with E-state index in [-0.39, 0.29) is 17.6 Å². The number of ether oxygens (including phenoxy) is 3. The number of aromatic nitrogens is 2. The van der Waals surface area contributed by atoms with Crippen molar-refractivity contribution in [1.82, 2.24) is 19.8 Å². The highest BCUT2D eigenvalue weighted by molar-refractivity contribution is 6.35. The molecule has 0 bridgehead atoms. The van der Waals surface area contributed by atoms with Crippen LogP contribution >= 0.6 is 23.2 Å². The smallest absolute Gasteiger partial charge is 0.317 e. The van der Waals surface area contributed by atoms with E-state index in [2.05, 4.69) is 15.2 Å². The Bertz CT molecular complexity index is 1220. The highest BCUT2D eigenvalue weighted by atomic mass is 35.5. The molecule has 0 aliphatic carbocycles. The van der Waals surface area contributed by atoms with Crippen molar-refractivity contribution in [3.8, 4) is 5.75 Å². The molecular weight excluding hydrogens is 545 g/mol. The molecule has 2 aliphatic rings. The number of halogens is 2. The maximum absolute atomic E-state index is 12.0. The molecule has 5 rings (SSSR count). The number of amides is 2. The van der Waals surface area contributed by atoms with Crippen LogP contribution in [-0.4, -0.2) is 78.0 Å². The number of piperazine rings is 1. The summed E-state index contributed by atoms with van der Waals surface area (Å²) in [6, 6.07) is 13.3. The SMILES string of the molecule is CCNC(=O)N1CCN(c2ccc(OCC3COC(Cn4ccnc4)(c4ccc(Cl)cc4Cl)O3)cc2)CC1.O. The summed E-state index contributed by atoms with van der Waals surface area (Å²) in [7, 11) is 0. The molecule has 0 radical (unpaired) electrons. The molecule has 0 spiro atoms. The third-order valence-corrected chi connectivity index (χ3v) is 7.23. The van der Waals surface area contributed by atoms with E-state index >= 15 is 0 Å². The number of hydrogen-bond acceptors (Lipinski definition) is 6. The number of nitrogens with one attached hydrogen (secondary N) is 1. The van der Waals surface area contributed by atoms with Crippen LogP contribution in [-0.2, 0) is 21.8 Å². The van der Waals surface area contributed by atoms with Gasteiger partial charge in [-0.15, -0.1) is 0 Å². The Morgan fingerprint density at radius 3 is 2.59 bits per heavy atom. The number of hydrogen-bond donors (Lipinski definition) is 1. The fraction of sp³-hybridized carbons (Fsp3) is 0.407. The normalized spacial score (nSPS) is 20.9. The lowest BCUT2D eigenvalue weighted by molar-refractivity contribution is -0.189. The predicted molar refractivity (Wildman–Crippen MR) is 150 cm³/mol. The van der Waals surface area contributed by atoms with Crippen molar-refractivity contribution in [3.63, 3.8) is 0 Å². The van der Waals surface area contributed by atoms with Gasteiger partial charge >= 0.3 is 6.03 Å². The van der Waals surface area contributed by atoms with E-state index < -0.39 is 5.79 Å². The Morgan fingerprint density at radius 2 is 1.92 bits per heavy atom. The molecule has 10 nitrogen and oxygen atoms in total. The van der Waals surface area contributed by atoms with Gasteiger partial charge < -0.3 is 39.4 Å². The van der Waals surface area contributed by atoms with Crippen LogP contribution in [0.2, 0.25) is 10.0 Å². The number of urea groups is 1. The Balaban J connectivity index is 0.00000353. The topological polar surface area (TPSA) is 113 Å². The van der Waals surface area contributed by atoms with Gasteiger partial charge in [-0.25, -0.2) is 9.78 Å². The summed E-state index contributed by atoms with van der Waals surface area (Å²) in [5.41, 5.74) is 1.81. The molecule has 12 heteroatoms. The van der Waals surface area contributed by atoms with E-state index in [1.807, 2.05) is 52.9 Å². The zero-order valence-corrected chi connectivity index (χ0v) is 23.2. The van der Waals surface area contributed by atoms with Crippen LogP contribution in [0.1, 0.15) is 12.5 Å². The second-order valence-corrected chi connectivity index (χ2v) is 10.1. The molecule has 1 aromatic heterocycles. The first kappa shape index (κ1) is 29.0. The van der Waals surface area contributed by atoms with E-state index in [0.29, 0.717) is 55.0 Å². The zero-order chi connectivity index (χ0) is 26.5. The molecule has 2 aliphatic heterocycles. The number of rotatable bonds is 8. The molecule has 2 aromatic carbocycles. The number of imidazole rings is 1. The second-order valence-electron chi connectivity index (χ2n) is 9.28. The van der Waals surface area contributed by atoms with Gasteiger partial charge in [0.2, 0.25) is 5.79 Å². The first-order valence-electron chi connectivity index (χ1n) is 12.7. The number of carbonyl (C=O) groups excluding carboxylic acids is 1. The lowest BCUT2D eigenvalue weighted by atomic mass is 10.1. The number of carbonyl (C=O) groups is 1. The Hall–Kier alpha value is -3.02. The van der Waals surface area contributed by atoms with Crippen LogP contribution < -0.4 is 15.0 Å².